The fourth-order valence-corrected chi connectivity index (χ4v) is 2.47. The van der Waals surface area contributed by atoms with Gasteiger partial charge in [0.1, 0.15) is 5.82 Å². The van der Waals surface area contributed by atoms with Crippen LogP contribution in [0.3, 0.4) is 0 Å². The number of hydrogen-bond donors (Lipinski definition) is 2. The largest absolute Gasteiger partial charge is 0.476 e. The third-order valence-electron chi connectivity index (χ3n) is 3.74. The van der Waals surface area contributed by atoms with E-state index in [1.165, 1.54) is 0 Å². The lowest BCUT2D eigenvalue weighted by Gasteiger charge is -2.33. The summed E-state index contributed by atoms with van der Waals surface area (Å²) >= 11 is 0. The zero-order valence-electron chi connectivity index (χ0n) is 12.3. The molecule has 0 bridgehead atoms. The number of aromatic carboxylic acids is 1. The second kappa shape index (κ2) is 6.17. The second-order valence-corrected chi connectivity index (χ2v) is 5.51. The number of nitrogens with zero attached hydrogens (tertiary/aromatic N) is 3. The van der Waals surface area contributed by atoms with Gasteiger partial charge in [0.15, 0.2) is 5.69 Å². The van der Waals surface area contributed by atoms with Crippen LogP contribution in [-0.2, 0) is 0 Å². The Kier molecular flexibility index (Phi) is 4.54. The topological polar surface area (TPSA) is 78.4 Å². The molecule has 6 heteroatoms. The molecule has 1 saturated heterocycles. The van der Waals surface area contributed by atoms with Crippen molar-refractivity contribution in [2.45, 2.75) is 38.6 Å². The van der Waals surface area contributed by atoms with Crippen molar-refractivity contribution in [2.75, 3.05) is 25.0 Å². The van der Waals surface area contributed by atoms with Gasteiger partial charge in [-0.25, -0.2) is 14.8 Å². The summed E-state index contributed by atoms with van der Waals surface area (Å²) in [6, 6.07) is 0.336. The molecular weight excluding hydrogens is 256 g/mol. The molecule has 0 radical (unpaired) electrons. The minimum Gasteiger partial charge on any atom is -0.476 e. The van der Waals surface area contributed by atoms with E-state index < -0.39 is 5.97 Å². The van der Waals surface area contributed by atoms with Gasteiger partial charge in [0.2, 0.25) is 0 Å². The van der Waals surface area contributed by atoms with Gasteiger partial charge >= 0.3 is 5.97 Å². The predicted molar refractivity (Wildman–Crippen MR) is 77.4 cm³/mol. The summed E-state index contributed by atoms with van der Waals surface area (Å²) in [5.41, 5.74) is 0.707. The fraction of sp³-hybridized carbons (Fsp3) is 0.643. The first-order valence-corrected chi connectivity index (χ1v) is 7.04. The van der Waals surface area contributed by atoms with Crippen LogP contribution in [0.1, 0.15) is 48.9 Å². The molecule has 2 N–H and O–H groups in total. The molecule has 110 valence electrons. The number of hydrogen-bond acceptors (Lipinski definition) is 5. The zero-order valence-corrected chi connectivity index (χ0v) is 12.3. The van der Waals surface area contributed by atoms with Gasteiger partial charge in [0, 0.05) is 19.0 Å². The van der Waals surface area contributed by atoms with Crippen molar-refractivity contribution in [3.63, 3.8) is 0 Å². The van der Waals surface area contributed by atoms with Crippen molar-refractivity contribution >= 4 is 11.7 Å². The summed E-state index contributed by atoms with van der Waals surface area (Å²) in [6.45, 7) is 5.83. The van der Waals surface area contributed by atoms with Crippen LogP contribution in [0.2, 0.25) is 0 Å². The number of carbonyl (C=O) groups is 1. The number of carboxylic acids is 1. The van der Waals surface area contributed by atoms with E-state index in [-0.39, 0.29) is 11.6 Å². The smallest absolute Gasteiger partial charge is 0.356 e. The number of nitrogens with one attached hydrogen (secondary N) is 1. The maximum Gasteiger partial charge on any atom is 0.356 e. The third kappa shape index (κ3) is 3.07. The molecule has 1 fully saturated rings. The summed E-state index contributed by atoms with van der Waals surface area (Å²) in [4.78, 5) is 22.0. The van der Waals surface area contributed by atoms with Crippen LogP contribution in [0.5, 0.6) is 0 Å². The van der Waals surface area contributed by atoms with Gasteiger partial charge in [0.25, 0.3) is 0 Å². The Morgan fingerprint density at radius 1 is 1.45 bits per heavy atom. The fourth-order valence-electron chi connectivity index (χ4n) is 2.47. The lowest BCUT2D eigenvalue weighted by atomic mass is 10.0. The van der Waals surface area contributed by atoms with Crippen LogP contribution >= 0.6 is 0 Å². The van der Waals surface area contributed by atoms with Gasteiger partial charge in [-0.15, -0.1) is 0 Å². The first kappa shape index (κ1) is 14.7. The Balaban J connectivity index is 2.31. The minimum atomic E-state index is -0.995. The maximum absolute atomic E-state index is 11.5. The lowest BCUT2D eigenvalue weighted by Crippen LogP contribution is -2.42. The normalized spacial score (nSPS) is 16.4. The molecule has 0 amide bonds. The van der Waals surface area contributed by atoms with Crippen LogP contribution in [0.25, 0.3) is 0 Å². The van der Waals surface area contributed by atoms with Gasteiger partial charge in [-0.05, 0) is 25.9 Å². The van der Waals surface area contributed by atoms with Crippen molar-refractivity contribution in [3.05, 3.63) is 17.7 Å². The molecule has 0 aliphatic carbocycles. The molecule has 1 aliphatic heterocycles. The van der Waals surface area contributed by atoms with Gasteiger partial charge in [-0.3, -0.25) is 0 Å². The molecule has 0 atom stereocenters. The number of carboxylic acid groups (broad SMARTS) is 1. The van der Waals surface area contributed by atoms with Crippen LogP contribution in [-0.4, -0.2) is 47.2 Å². The van der Waals surface area contributed by atoms with E-state index >= 15 is 0 Å². The Bertz CT molecular complexity index is 484. The number of piperidine rings is 1. The molecule has 0 spiro atoms. The molecule has 0 aromatic carbocycles. The van der Waals surface area contributed by atoms with Gasteiger partial charge in [0.05, 0.1) is 11.9 Å². The Morgan fingerprint density at radius 2 is 2.10 bits per heavy atom. The molecule has 2 heterocycles. The van der Waals surface area contributed by atoms with Crippen LogP contribution in [0.4, 0.5) is 5.69 Å². The average Bonchev–Trinajstić information content (AvgIpc) is 2.46. The number of aromatic nitrogens is 2. The van der Waals surface area contributed by atoms with E-state index in [0.29, 0.717) is 17.6 Å². The van der Waals surface area contributed by atoms with Crippen molar-refractivity contribution < 1.29 is 9.90 Å². The van der Waals surface area contributed by atoms with Crippen LogP contribution in [0.15, 0.2) is 6.20 Å². The molecule has 2 rings (SSSR count). The van der Waals surface area contributed by atoms with E-state index in [9.17, 15) is 9.90 Å². The van der Waals surface area contributed by atoms with Crippen molar-refractivity contribution in [2.24, 2.45) is 0 Å². The zero-order chi connectivity index (χ0) is 14.7. The standard InChI is InChI=1S/C14H22N4O2/c1-9(2)13-16-8-11(12(17-13)14(19)20)18(3)10-4-6-15-7-5-10/h8-10,15H,4-7H2,1-3H3,(H,19,20). The average molecular weight is 278 g/mol. The number of anilines is 1. The van der Waals surface area contributed by atoms with E-state index in [0.717, 1.165) is 25.9 Å². The summed E-state index contributed by atoms with van der Waals surface area (Å²) in [5, 5.41) is 12.7. The molecular formula is C14H22N4O2. The second-order valence-electron chi connectivity index (χ2n) is 5.51. The summed E-state index contributed by atoms with van der Waals surface area (Å²) < 4.78 is 0. The Labute approximate surface area is 119 Å². The van der Waals surface area contributed by atoms with E-state index in [4.69, 9.17) is 0 Å². The van der Waals surface area contributed by atoms with E-state index in [1.807, 2.05) is 25.8 Å². The van der Waals surface area contributed by atoms with Gasteiger partial charge in [-0.2, -0.15) is 0 Å². The predicted octanol–water partition coefficient (Wildman–Crippen LogP) is 1.49. The Morgan fingerprint density at radius 3 is 2.65 bits per heavy atom. The minimum absolute atomic E-state index is 0.102. The molecule has 0 unspecified atom stereocenters. The molecule has 1 aromatic rings. The van der Waals surface area contributed by atoms with Crippen molar-refractivity contribution in [1.82, 2.24) is 15.3 Å². The summed E-state index contributed by atoms with van der Waals surface area (Å²) in [5.74, 6) is -0.304. The van der Waals surface area contributed by atoms with E-state index in [2.05, 4.69) is 15.3 Å². The highest BCUT2D eigenvalue weighted by Gasteiger charge is 2.24. The summed E-state index contributed by atoms with van der Waals surface area (Å²) in [7, 11) is 1.93. The number of rotatable bonds is 4. The highest BCUT2D eigenvalue weighted by Crippen LogP contribution is 2.24. The highest BCUT2D eigenvalue weighted by atomic mass is 16.4. The Hall–Kier alpha value is -1.69. The molecule has 0 saturated carbocycles. The molecule has 1 aliphatic rings. The highest BCUT2D eigenvalue weighted by molar-refractivity contribution is 5.92. The SMILES string of the molecule is CC(C)c1ncc(N(C)C2CCNCC2)c(C(=O)O)n1. The monoisotopic (exact) mass is 278 g/mol. The van der Waals surface area contributed by atoms with Crippen LogP contribution < -0.4 is 10.2 Å². The third-order valence-corrected chi connectivity index (χ3v) is 3.74. The molecule has 1 aromatic heterocycles. The molecule has 20 heavy (non-hydrogen) atoms. The van der Waals surface area contributed by atoms with E-state index in [1.54, 1.807) is 6.20 Å². The van der Waals surface area contributed by atoms with Crippen molar-refractivity contribution in [1.29, 1.82) is 0 Å². The van der Waals surface area contributed by atoms with Gasteiger partial charge < -0.3 is 15.3 Å². The molecule has 6 nitrogen and oxygen atoms in total. The van der Waals surface area contributed by atoms with Gasteiger partial charge in [-0.1, -0.05) is 13.8 Å². The van der Waals surface area contributed by atoms with Crippen molar-refractivity contribution in [3.8, 4) is 0 Å². The van der Waals surface area contributed by atoms with Crippen LogP contribution in [0, 0.1) is 0 Å². The first-order valence-electron chi connectivity index (χ1n) is 7.04. The summed E-state index contributed by atoms with van der Waals surface area (Å²) in [6.07, 6.45) is 3.65. The lowest BCUT2D eigenvalue weighted by molar-refractivity contribution is 0.0690. The maximum atomic E-state index is 11.5. The quantitative estimate of drug-likeness (QED) is 0.868. The first-order chi connectivity index (χ1) is 9.50.